The molecule has 0 unspecified atom stereocenters. The van der Waals surface area contributed by atoms with E-state index in [-0.39, 0.29) is 10.8 Å². The summed E-state index contributed by atoms with van der Waals surface area (Å²) in [6.45, 7) is 0. The van der Waals surface area contributed by atoms with Crippen molar-refractivity contribution in [2.75, 3.05) is 22.9 Å². The predicted molar refractivity (Wildman–Crippen MR) is 117 cm³/mol. The van der Waals surface area contributed by atoms with Gasteiger partial charge in [0.05, 0.1) is 22.0 Å². The van der Waals surface area contributed by atoms with Gasteiger partial charge in [-0.1, -0.05) is 0 Å². The SMILES string of the molecule is Nc1cc2c(S(=O)(=O)O)cc(S(=O)(=O)O)cc2cc1S(=O)(=O)O.Nc1ccc(N)c(N)c1. The molecule has 0 spiro atoms. The number of fused-ring (bicyclic) bond motifs is 1. The van der Waals surface area contributed by atoms with Crippen LogP contribution in [-0.4, -0.2) is 38.9 Å². The third-order valence-electron chi connectivity index (χ3n) is 3.98. The second kappa shape index (κ2) is 8.41. The Balaban J connectivity index is 0.000000336. The molecular weight excluding hydrogens is 488 g/mol. The van der Waals surface area contributed by atoms with Gasteiger partial charge < -0.3 is 22.9 Å². The molecule has 0 bridgehead atoms. The first-order valence-electron chi connectivity index (χ1n) is 8.11. The Hall–Kier alpha value is -3.15. The van der Waals surface area contributed by atoms with Crippen LogP contribution in [0.15, 0.2) is 57.2 Å². The van der Waals surface area contributed by atoms with Gasteiger partial charge in [0.1, 0.15) is 9.79 Å². The third kappa shape index (κ3) is 5.75. The molecule has 0 radical (unpaired) electrons. The molecule has 0 aliphatic heterocycles. The fraction of sp³-hybridized carbons (Fsp3) is 0. The zero-order valence-electron chi connectivity index (χ0n) is 15.9. The highest BCUT2D eigenvalue weighted by atomic mass is 32.2. The van der Waals surface area contributed by atoms with Crippen molar-refractivity contribution in [1.82, 2.24) is 0 Å². The molecule has 0 aliphatic rings. The lowest BCUT2D eigenvalue weighted by molar-refractivity contribution is 0.480. The van der Waals surface area contributed by atoms with Gasteiger partial charge in [-0.05, 0) is 47.9 Å². The van der Waals surface area contributed by atoms with Crippen LogP contribution in [0, 0.1) is 0 Å². The molecular formula is C16H18N4O9S3. The standard InChI is InChI=1S/C10H9NO9S3.C6H9N3/c11-8-4-7-5(2-10(8)23(18,19)20)1-6(21(12,13)14)3-9(7)22(15,16)17;7-4-1-2-5(8)6(9)3-4/h1-4H,11H2,(H,12,13,14)(H,15,16,17)(H,18,19,20);1-3H,7-9H2. The Bertz CT molecular complexity index is 1530. The normalized spacial score (nSPS) is 12.2. The van der Waals surface area contributed by atoms with Crippen molar-refractivity contribution in [3.8, 4) is 0 Å². The van der Waals surface area contributed by atoms with Gasteiger partial charge in [-0.25, -0.2) is 0 Å². The van der Waals surface area contributed by atoms with E-state index in [4.69, 9.17) is 32.0 Å². The largest absolute Gasteiger partial charge is 0.399 e. The highest BCUT2D eigenvalue weighted by Gasteiger charge is 2.23. The van der Waals surface area contributed by atoms with Gasteiger partial charge in [-0.15, -0.1) is 0 Å². The van der Waals surface area contributed by atoms with Crippen LogP contribution in [-0.2, 0) is 30.4 Å². The first-order chi connectivity index (χ1) is 14.4. The topological polar surface area (TPSA) is 267 Å². The predicted octanol–water partition coefficient (Wildman–Crippen LogP) is 0.595. The third-order valence-corrected chi connectivity index (χ3v) is 6.62. The Labute approximate surface area is 182 Å². The van der Waals surface area contributed by atoms with Gasteiger partial charge >= 0.3 is 0 Å². The van der Waals surface area contributed by atoms with Crippen molar-refractivity contribution < 1.29 is 38.9 Å². The maximum absolute atomic E-state index is 11.4. The van der Waals surface area contributed by atoms with Crippen LogP contribution in [0.25, 0.3) is 10.8 Å². The quantitative estimate of drug-likeness (QED) is 0.189. The smallest absolute Gasteiger partial charge is 0.296 e. The first kappa shape index (κ1) is 25.1. The Kier molecular flexibility index (Phi) is 6.60. The van der Waals surface area contributed by atoms with Crippen molar-refractivity contribution in [2.24, 2.45) is 0 Å². The first-order valence-corrected chi connectivity index (χ1v) is 12.4. The van der Waals surface area contributed by atoms with E-state index < -0.39 is 50.7 Å². The van der Waals surface area contributed by atoms with Crippen molar-refractivity contribution >= 4 is 63.9 Å². The van der Waals surface area contributed by atoms with Crippen LogP contribution >= 0.6 is 0 Å². The molecule has 0 atom stereocenters. The summed E-state index contributed by atoms with van der Waals surface area (Å²) in [5, 5.41) is -0.612. The summed E-state index contributed by atoms with van der Waals surface area (Å²) in [6, 6.07) is 7.82. The molecule has 11 N–H and O–H groups in total. The lowest BCUT2D eigenvalue weighted by Gasteiger charge is -2.10. The van der Waals surface area contributed by atoms with E-state index in [9.17, 15) is 29.8 Å². The summed E-state index contributed by atoms with van der Waals surface area (Å²) in [6.07, 6.45) is 0. The van der Waals surface area contributed by atoms with Gasteiger partial charge in [0, 0.05) is 11.1 Å². The molecule has 13 nitrogen and oxygen atoms in total. The summed E-state index contributed by atoms with van der Waals surface area (Å²) in [7, 11) is -14.5. The number of rotatable bonds is 3. The molecule has 0 fully saturated rings. The summed E-state index contributed by atoms with van der Waals surface area (Å²) in [5.41, 5.74) is 22.9. The van der Waals surface area contributed by atoms with Crippen LogP contribution in [0.5, 0.6) is 0 Å². The average Bonchev–Trinajstić information content (AvgIpc) is 2.61. The Morgan fingerprint density at radius 2 is 1.12 bits per heavy atom. The zero-order chi connectivity index (χ0) is 24.6. The average molecular weight is 507 g/mol. The summed E-state index contributed by atoms with van der Waals surface area (Å²) < 4.78 is 94.8. The van der Waals surface area contributed by atoms with E-state index in [1.807, 2.05) is 0 Å². The minimum atomic E-state index is -4.92. The number of hydrogen-bond donors (Lipinski definition) is 7. The summed E-state index contributed by atoms with van der Waals surface area (Å²) >= 11 is 0. The van der Waals surface area contributed by atoms with Gasteiger partial charge in [0.25, 0.3) is 30.4 Å². The van der Waals surface area contributed by atoms with E-state index in [0.717, 1.165) is 12.1 Å². The highest BCUT2D eigenvalue weighted by Crippen LogP contribution is 2.32. The van der Waals surface area contributed by atoms with Crippen LogP contribution < -0.4 is 22.9 Å². The minimum absolute atomic E-state index is 0.301. The Morgan fingerprint density at radius 1 is 0.562 bits per heavy atom. The number of nitrogen functional groups attached to an aromatic ring is 4. The fourth-order valence-corrected chi connectivity index (χ4v) is 4.51. The van der Waals surface area contributed by atoms with E-state index in [2.05, 4.69) is 0 Å². The van der Waals surface area contributed by atoms with Crippen LogP contribution in [0.1, 0.15) is 0 Å². The lowest BCUT2D eigenvalue weighted by Crippen LogP contribution is -2.07. The molecule has 0 saturated heterocycles. The molecule has 3 rings (SSSR count). The van der Waals surface area contributed by atoms with Gasteiger partial charge in [-0.3, -0.25) is 13.7 Å². The van der Waals surface area contributed by atoms with Gasteiger partial charge in [0.15, 0.2) is 0 Å². The number of hydrogen-bond acceptors (Lipinski definition) is 10. The molecule has 0 amide bonds. The van der Waals surface area contributed by atoms with Crippen LogP contribution in [0.2, 0.25) is 0 Å². The van der Waals surface area contributed by atoms with Crippen LogP contribution in [0.3, 0.4) is 0 Å². The molecule has 174 valence electrons. The van der Waals surface area contributed by atoms with E-state index >= 15 is 0 Å². The molecule has 0 saturated carbocycles. The van der Waals surface area contributed by atoms with E-state index in [1.54, 1.807) is 18.2 Å². The number of anilines is 4. The molecule has 0 aliphatic carbocycles. The van der Waals surface area contributed by atoms with Crippen molar-refractivity contribution in [2.45, 2.75) is 14.7 Å². The fourth-order valence-electron chi connectivity index (χ4n) is 2.53. The van der Waals surface area contributed by atoms with Crippen molar-refractivity contribution in [3.63, 3.8) is 0 Å². The van der Waals surface area contributed by atoms with E-state index in [0.29, 0.717) is 29.2 Å². The number of benzene rings is 3. The molecule has 16 heteroatoms. The van der Waals surface area contributed by atoms with Gasteiger partial charge in [-0.2, -0.15) is 25.3 Å². The Morgan fingerprint density at radius 3 is 1.56 bits per heavy atom. The molecule has 32 heavy (non-hydrogen) atoms. The highest BCUT2D eigenvalue weighted by molar-refractivity contribution is 7.87. The minimum Gasteiger partial charge on any atom is -0.399 e. The van der Waals surface area contributed by atoms with E-state index in [1.165, 1.54) is 0 Å². The number of nitrogens with two attached hydrogens (primary N) is 4. The lowest BCUT2D eigenvalue weighted by atomic mass is 10.1. The maximum atomic E-state index is 11.4. The molecule has 0 aromatic heterocycles. The molecule has 3 aromatic rings. The van der Waals surface area contributed by atoms with Gasteiger partial charge in [0.2, 0.25) is 0 Å². The second-order valence-electron chi connectivity index (χ2n) is 6.35. The van der Waals surface area contributed by atoms with Crippen molar-refractivity contribution in [3.05, 3.63) is 42.5 Å². The summed E-state index contributed by atoms with van der Waals surface area (Å²) in [5.74, 6) is 0. The monoisotopic (exact) mass is 506 g/mol. The molecule has 0 heterocycles. The molecule has 3 aromatic carbocycles. The second-order valence-corrected chi connectivity index (χ2v) is 10.5. The van der Waals surface area contributed by atoms with Crippen molar-refractivity contribution in [1.29, 1.82) is 0 Å². The zero-order valence-corrected chi connectivity index (χ0v) is 18.3. The maximum Gasteiger partial charge on any atom is 0.296 e. The summed E-state index contributed by atoms with van der Waals surface area (Å²) in [4.78, 5) is -2.60. The van der Waals surface area contributed by atoms with Crippen LogP contribution in [0.4, 0.5) is 22.7 Å².